The molecule has 2 fully saturated rings. The highest BCUT2D eigenvalue weighted by atomic mass is 16.5. The van der Waals surface area contributed by atoms with Gasteiger partial charge in [-0.15, -0.1) is 0 Å². The van der Waals surface area contributed by atoms with Crippen molar-refractivity contribution in [2.24, 2.45) is 21.7 Å². The molecule has 24 heavy (non-hydrogen) atoms. The summed E-state index contributed by atoms with van der Waals surface area (Å²) in [6.07, 6.45) is 3.04. The van der Waals surface area contributed by atoms with E-state index in [1.54, 1.807) is 20.8 Å². The number of ether oxygens (including phenoxy) is 1. The minimum Gasteiger partial charge on any atom is -0.430 e. The van der Waals surface area contributed by atoms with Gasteiger partial charge in [-0.25, -0.2) is 0 Å². The summed E-state index contributed by atoms with van der Waals surface area (Å²) in [4.78, 5) is 49.9. The van der Waals surface area contributed by atoms with Crippen molar-refractivity contribution in [2.45, 2.75) is 60.3 Å². The number of Topliss-reactive ketones (excluding diaryl/α,β-unsaturated/α-hetero) is 2. The van der Waals surface area contributed by atoms with E-state index in [2.05, 4.69) is 0 Å². The maximum Gasteiger partial charge on any atom is 0.325 e. The third-order valence-electron chi connectivity index (χ3n) is 6.74. The molecule has 0 aromatic rings. The van der Waals surface area contributed by atoms with E-state index >= 15 is 0 Å². The normalized spacial score (nSPS) is 36.7. The summed E-state index contributed by atoms with van der Waals surface area (Å²) in [6.45, 7) is 9.24. The molecule has 0 spiro atoms. The van der Waals surface area contributed by atoms with Crippen LogP contribution >= 0.6 is 0 Å². The summed E-state index contributed by atoms with van der Waals surface area (Å²) in [5, 5.41) is 0. The third kappa shape index (κ3) is 1.87. The van der Waals surface area contributed by atoms with E-state index in [0.29, 0.717) is 31.4 Å². The van der Waals surface area contributed by atoms with Gasteiger partial charge in [0.05, 0.1) is 0 Å². The van der Waals surface area contributed by atoms with Crippen LogP contribution in [0.25, 0.3) is 0 Å². The molecule has 0 radical (unpaired) electrons. The largest absolute Gasteiger partial charge is 0.430 e. The second kappa shape index (κ2) is 4.64. The highest BCUT2D eigenvalue weighted by molar-refractivity contribution is 6.48. The predicted octanol–water partition coefficient (Wildman–Crippen LogP) is 2.77. The van der Waals surface area contributed by atoms with Crippen molar-refractivity contribution in [3.05, 3.63) is 11.8 Å². The maximum atomic E-state index is 13.0. The standard InChI is InChI=1S/C19H24O5/c1-16(2)9-11(20)8-12(10-16)24-15(23)19-7-6-18(5,17(19,3)4)13(21)14(19)22/h8H,6-7,9-10H2,1-5H3. The predicted molar refractivity (Wildman–Crippen MR) is 85.8 cm³/mol. The molecule has 3 rings (SSSR count). The Hall–Kier alpha value is -1.78. The van der Waals surface area contributed by atoms with Gasteiger partial charge < -0.3 is 4.74 Å². The highest BCUT2D eigenvalue weighted by Gasteiger charge is 2.78. The van der Waals surface area contributed by atoms with Crippen molar-refractivity contribution in [1.29, 1.82) is 0 Å². The van der Waals surface area contributed by atoms with Gasteiger partial charge in [0.1, 0.15) is 11.2 Å². The van der Waals surface area contributed by atoms with Crippen LogP contribution in [0, 0.1) is 21.7 Å². The third-order valence-corrected chi connectivity index (χ3v) is 6.74. The summed E-state index contributed by atoms with van der Waals surface area (Å²) < 4.78 is 5.53. The summed E-state index contributed by atoms with van der Waals surface area (Å²) in [5.41, 5.74) is -3.32. The number of allylic oxidation sites excluding steroid dienone is 2. The Kier molecular flexibility index (Phi) is 3.30. The zero-order valence-electron chi connectivity index (χ0n) is 14.9. The Morgan fingerprint density at radius 2 is 1.58 bits per heavy atom. The fourth-order valence-electron chi connectivity index (χ4n) is 4.78. The fourth-order valence-corrected chi connectivity index (χ4v) is 4.78. The summed E-state index contributed by atoms with van der Waals surface area (Å²) >= 11 is 0. The molecule has 0 saturated heterocycles. The molecule has 0 aromatic carbocycles. The van der Waals surface area contributed by atoms with Crippen molar-refractivity contribution in [3.63, 3.8) is 0 Å². The monoisotopic (exact) mass is 332 g/mol. The van der Waals surface area contributed by atoms with E-state index in [1.165, 1.54) is 6.08 Å². The molecule has 0 amide bonds. The topological polar surface area (TPSA) is 77.5 Å². The van der Waals surface area contributed by atoms with Crippen molar-refractivity contribution in [3.8, 4) is 0 Å². The van der Waals surface area contributed by atoms with Crippen LogP contribution in [-0.4, -0.2) is 23.3 Å². The Balaban J connectivity index is 1.95. The van der Waals surface area contributed by atoms with Crippen LogP contribution in [0.3, 0.4) is 0 Å². The molecular formula is C19H24O5. The van der Waals surface area contributed by atoms with Crippen LogP contribution in [0.1, 0.15) is 60.3 Å². The zero-order chi connectivity index (χ0) is 18.1. The number of carbonyl (C=O) groups excluding carboxylic acids is 4. The zero-order valence-corrected chi connectivity index (χ0v) is 14.9. The Morgan fingerprint density at radius 1 is 0.958 bits per heavy atom. The number of rotatable bonds is 2. The molecule has 2 saturated carbocycles. The number of fused-ring (bicyclic) bond motifs is 2. The number of esters is 1. The Bertz CT molecular complexity index is 711. The fraction of sp³-hybridized carbons (Fsp3) is 0.684. The minimum absolute atomic E-state index is 0.0871. The molecule has 130 valence electrons. The van der Waals surface area contributed by atoms with Crippen LogP contribution in [0.4, 0.5) is 0 Å². The molecule has 2 bridgehead atoms. The van der Waals surface area contributed by atoms with Gasteiger partial charge in [-0.05, 0) is 18.3 Å². The number of hydrogen-bond acceptors (Lipinski definition) is 5. The van der Waals surface area contributed by atoms with E-state index in [0.717, 1.165) is 0 Å². The van der Waals surface area contributed by atoms with Gasteiger partial charge in [-0.1, -0.05) is 34.6 Å². The molecule has 0 N–H and O–H groups in total. The van der Waals surface area contributed by atoms with Crippen LogP contribution in [-0.2, 0) is 23.9 Å². The average molecular weight is 332 g/mol. The van der Waals surface area contributed by atoms with Gasteiger partial charge >= 0.3 is 5.97 Å². The number of carbonyl (C=O) groups is 4. The number of ketones is 3. The van der Waals surface area contributed by atoms with Crippen LogP contribution < -0.4 is 0 Å². The van der Waals surface area contributed by atoms with E-state index in [1.807, 2.05) is 13.8 Å². The van der Waals surface area contributed by atoms with E-state index < -0.39 is 33.8 Å². The lowest BCUT2D eigenvalue weighted by Crippen LogP contribution is -2.46. The molecule has 0 heterocycles. The molecule has 0 aliphatic heterocycles. The highest BCUT2D eigenvalue weighted by Crippen LogP contribution is 2.69. The molecule has 5 heteroatoms. The SMILES string of the molecule is CC1(C)CC(=O)C=C(OC(=O)C23CCC(C)(C(=O)C2=O)C3(C)C)C1. The average Bonchev–Trinajstić information content (AvgIpc) is 2.69. The maximum absolute atomic E-state index is 13.0. The van der Waals surface area contributed by atoms with Gasteiger partial charge in [0.15, 0.2) is 5.78 Å². The first-order valence-corrected chi connectivity index (χ1v) is 8.42. The van der Waals surface area contributed by atoms with E-state index in [4.69, 9.17) is 4.74 Å². The van der Waals surface area contributed by atoms with E-state index in [9.17, 15) is 19.2 Å². The lowest BCUT2D eigenvalue weighted by molar-refractivity contribution is -0.162. The van der Waals surface area contributed by atoms with E-state index in [-0.39, 0.29) is 11.2 Å². The lowest BCUT2D eigenvalue weighted by atomic mass is 9.65. The molecule has 2 unspecified atom stereocenters. The van der Waals surface area contributed by atoms with Crippen molar-refractivity contribution in [2.75, 3.05) is 0 Å². The molecule has 0 aromatic heterocycles. The molecular weight excluding hydrogens is 308 g/mol. The van der Waals surface area contributed by atoms with Gasteiger partial charge in [-0.3, -0.25) is 19.2 Å². The molecule has 5 nitrogen and oxygen atoms in total. The second-order valence-electron chi connectivity index (χ2n) is 9.00. The lowest BCUT2D eigenvalue weighted by Gasteiger charge is -2.37. The smallest absolute Gasteiger partial charge is 0.325 e. The number of hydrogen-bond donors (Lipinski definition) is 0. The molecule has 2 atom stereocenters. The van der Waals surface area contributed by atoms with Gasteiger partial charge in [0.25, 0.3) is 0 Å². The summed E-state index contributed by atoms with van der Waals surface area (Å²) in [6, 6.07) is 0. The first-order chi connectivity index (χ1) is 10.9. The summed E-state index contributed by atoms with van der Waals surface area (Å²) in [5.74, 6) is -1.56. The molecule has 3 aliphatic rings. The van der Waals surface area contributed by atoms with Crippen LogP contribution in [0.2, 0.25) is 0 Å². The van der Waals surface area contributed by atoms with Gasteiger partial charge in [-0.2, -0.15) is 0 Å². The van der Waals surface area contributed by atoms with Gasteiger partial charge in [0, 0.05) is 29.7 Å². The quantitative estimate of drug-likeness (QED) is 0.441. The van der Waals surface area contributed by atoms with Crippen molar-refractivity contribution >= 4 is 23.3 Å². The van der Waals surface area contributed by atoms with Gasteiger partial charge in [0.2, 0.25) is 11.6 Å². The Labute approximate surface area is 141 Å². The van der Waals surface area contributed by atoms with Crippen LogP contribution in [0.5, 0.6) is 0 Å². The first-order valence-electron chi connectivity index (χ1n) is 8.42. The second-order valence-corrected chi connectivity index (χ2v) is 9.00. The van der Waals surface area contributed by atoms with Crippen molar-refractivity contribution < 1.29 is 23.9 Å². The Morgan fingerprint density at radius 3 is 2.08 bits per heavy atom. The van der Waals surface area contributed by atoms with Crippen LogP contribution in [0.15, 0.2) is 11.8 Å². The van der Waals surface area contributed by atoms with Crippen molar-refractivity contribution in [1.82, 2.24) is 0 Å². The summed E-state index contributed by atoms with van der Waals surface area (Å²) in [7, 11) is 0. The minimum atomic E-state index is -1.43. The molecule has 3 aliphatic carbocycles. The first kappa shape index (κ1) is 17.1.